The van der Waals surface area contributed by atoms with Gasteiger partial charge in [-0.15, -0.1) is 0 Å². The number of rotatable bonds is 4. The van der Waals surface area contributed by atoms with Crippen LogP contribution in [0, 0.1) is 5.41 Å². The number of aldehydes is 1. The fourth-order valence-corrected chi connectivity index (χ4v) is 2.06. The molecular weight excluding hydrogens is 186 g/mol. The molecule has 70 valence electrons. The van der Waals surface area contributed by atoms with Crippen LogP contribution in [0.5, 0.6) is 5.88 Å². The maximum atomic E-state index is 10.8. The van der Waals surface area contributed by atoms with Crippen LogP contribution in [0.2, 0.25) is 0 Å². The Kier molecular flexibility index (Phi) is 2.07. The van der Waals surface area contributed by atoms with Crippen molar-refractivity contribution in [1.82, 2.24) is 4.37 Å². The fraction of sp³-hybridized carbons (Fsp3) is 0.556. The first kappa shape index (κ1) is 8.69. The molecule has 0 unspecified atom stereocenters. The fourth-order valence-electron chi connectivity index (χ4n) is 1.41. The summed E-state index contributed by atoms with van der Waals surface area (Å²) in [5.41, 5.74) is 0.979. The summed E-state index contributed by atoms with van der Waals surface area (Å²) in [6.07, 6.45) is 3.88. The van der Waals surface area contributed by atoms with Gasteiger partial charge in [-0.1, -0.05) is 0 Å². The Bertz CT molecular complexity index is 317. The molecule has 3 nitrogen and oxygen atoms in total. The molecule has 4 heteroatoms. The molecule has 1 fully saturated rings. The maximum absolute atomic E-state index is 10.8. The second-order valence-corrected chi connectivity index (χ2v) is 4.14. The monoisotopic (exact) mass is 197 g/mol. The summed E-state index contributed by atoms with van der Waals surface area (Å²) in [6.45, 7) is 0. The maximum Gasteiger partial charge on any atom is 0.228 e. The lowest BCUT2D eigenvalue weighted by Crippen LogP contribution is -2.06. The van der Waals surface area contributed by atoms with Gasteiger partial charge < -0.3 is 9.53 Å². The minimum atomic E-state index is -0.0873. The van der Waals surface area contributed by atoms with E-state index < -0.39 is 0 Å². The van der Waals surface area contributed by atoms with E-state index in [0.717, 1.165) is 31.1 Å². The highest BCUT2D eigenvalue weighted by Crippen LogP contribution is 2.47. The summed E-state index contributed by atoms with van der Waals surface area (Å²) in [6, 6.07) is 0. The van der Waals surface area contributed by atoms with E-state index in [1.54, 1.807) is 7.11 Å². The predicted octanol–water partition coefficient (Wildman–Crippen LogP) is 1.67. The molecule has 13 heavy (non-hydrogen) atoms. The van der Waals surface area contributed by atoms with E-state index in [2.05, 4.69) is 4.37 Å². The minimum absolute atomic E-state index is 0.0873. The zero-order valence-electron chi connectivity index (χ0n) is 7.45. The Balaban J connectivity index is 2.13. The lowest BCUT2D eigenvalue weighted by atomic mass is 10.0. The summed E-state index contributed by atoms with van der Waals surface area (Å²) in [7, 11) is 1.61. The standard InChI is InChI=1S/C9H11NO2S/c1-12-8-7(5-13-10-8)4-9(6-11)2-3-9/h5-6H,2-4H2,1H3. The van der Waals surface area contributed by atoms with Crippen LogP contribution in [0.3, 0.4) is 0 Å². The number of carbonyl (C=O) groups is 1. The number of hydrogen-bond acceptors (Lipinski definition) is 4. The number of hydrogen-bond donors (Lipinski definition) is 0. The largest absolute Gasteiger partial charge is 0.480 e. The summed E-state index contributed by atoms with van der Waals surface area (Å²) in [5, 5.41) is 1.96. The van der Waals surface area contributed by atoms with Crippen molar-refractivity contribution in [1.29, 1.82) is 0 Å². The van der Waals surface area contributed by atoms with Crippen molar-refractivity contribution in [3.63, 3.8) is 0 Å². The molecule has 0 amide bonds. The van der Waals surface area contributed by atoms with Gasteiger partial charge in [0, 0.05) is 16.4 Å². The summed E-state index contributed by atoms with van der Waals surface area (Å²) >= 11 is 1.38. The Labute approximate surface area is 80.9 Å². The number of aromatic nitrogens is 1. The zero-order valence-corrected chi connectivity index (χ0v) is 8.26. The topological polar surface area (TPSA) is 39.2 Å². The highest BCUT2D eigenvalue weighted by atomic mass is 32.1. The molecule has 1 aromatic heterocycles. The van der Waals surface area contributed by atoms with E-state index >= 15 is 0 Å². The number of ether oxygens (including phenoxy) is 1. The molecule has 1 aliphatic rings. The van der Waals surface area contributed by atoms with Gasteiger partial charge in [0.15, 0.2) is 0 Å². The molecule has 0 bridgehead atoms. The van der Waals surface area contributed by atoms with E-state index in [1.165, 1.54) is 11.5 Å². The van der Waals surface area contributed by atoms with Crippen LogP contribution in [0.25, 0.3) is 0 Å². The van der Waals surface area contributed by atoms with Crippen LogP contribution < -0.4 is 4.74 Å². The van der Waals surface area contributed by atoms with Crippen LogP contribution in [-0.4, -0.2) is 17.8 Å². The number of methoxy groups -OCH3 is 1. The first-order chi connectivity index (χ1) is 6.29. The average Bonchev–Trinajstić information content (AvgIpc) is 2.78. The normalized spacial score (nSPS) is 18.2. The van der Waals surface area contributed by atoms with E-state index in [9.17, 15) is 4.79 Å². The van der Waals surface area contributed by atoms with E-state index in [4.69, 9.17) is 4.74 Å². The van der Waals surface area contributed by atoms with Crippen molar-refractivity contribution in [3.8, 4) is 5.88 Å². The third-order valence-corrected chi connectivity index (χ3v) is 3.14. The van der Waals surface area contributed by atoms with Crippen LogP contribution in [0.1, 0.15) is 18.4 Å². The second kappa shape index (κ2) is 3.10. The number of carbonyl (C=O) groups excluding carboxylic acids is 1. The van der Waals surface area contributed by atoms with Gasteiger partial charge >= 0.3 is 0 Å². The smallest absolute Gasteiger partial charge is 0.228 e. The van der Waals surface area contributed by atoms with Gasteiger partial charge in [0.2, 0.25) is 5.88 Å². The van der Waals surface area contributed by atoms with E-state index in [1.807, 2.05) is 5.38 Å². The highest BCUT2D eigenvalue weighted by Gasteiger charge is 2.43. The van der Waals surface area contributed by atoms with Crippen LogP contribution in [0.15, 0.2) is 5.38 Å². The predicted molar refractivity (Wildman–Crippen MR) is 50.1 cm³/mol. The third-order valence-electron chi connectivity index (χ3n) is 2.48. The summed E-state index contributed by atoms with van der Waals surface area (Å²) < 4.78 is 9.17. The van der Waals surface area contributed by atoms with Gasteiger partial charge in [-0.3, -0.25) is 0 Å². The van der Waals surface area contributed by atoms with E-state index in [0.29, 0.717) is 5.88 Å². The van der Waals surface area contributed by atoms with Gasteiger partial charge in [0.05, 0.1) is 7.11 Å². The zero-order chi connectivity index (χ0) is 9.31. The Hall–Kier alpha value is -0.900. The van der Waals surface area contributed by atoms with Gasteiger partial charge in [-0.25, -0.2) is 0 Å². The van der Waals surface area contributed by atoms with Crippen LogP contribution in [-0.2, 0) is 11.2 Å². The molecule has 1 aromatic rings. The Morgan fingerprint density at radius 2 is 2.54 bits per heavy atom. The molecule has 0 aromatic carbocycles. The molecule has 0 atom stereocenters. The molecule has 1 aliphatic carbocycles. The van der Waals surface area contributed by atoms with Gasteiger partial charge in [0.25, 0.3) is 0 Å². The Morgan fingerprint density at radius 1 is 1.77 bits per heavy atom. The Morgan fingerprint density at radius 3 is 3.08 bits per heavy atom. The molecule has 1 saturated carbocycles. The van der Waals surface area contributed by atoms with Gasteiger partial charge in [-0.05, 0) is 30.8 Å². The molecule has 0 aliphatic heterocycles. The van der Waals surface area contributed by atoms with Crippen molar-refractivity contribution in [2.24, 2.45) is 5.41 Å². The first-order valence-electron chi connectivity index (χ1n) is 4.23. The van der Waals surface area contributed by atoms with Gasteiger partial charge in [0.1, 0.15) is 6.29 Å². The van der Waals surface area contributed by atoms with Crippen LogP contribution >= 0.6 is 11.5 Å². The summed E-state index contributed by atoms with van der Waals surface area (Å²) in [4.78, 5) is 10.8. The first-order valence-corrected chi connectivity index (χ1v) is 5.07. The molecule has 2 rings (SSSR count). The molecule has 1 heterocycles. The minimum Gasteiger partial charge on any atom is -0.480 e. The lowest BCUT2D eigenvalue weighted by Gasteiger charge is -2.05. The number of nitrogens with zero attached hydrogens (tertiary/aromatic N) is 1. The second-order valence-electron chi connectivity index (χ2n) is 3.51. The molecule has 0 radical (unpaired) electrons. The van der Waals surface area contributed by atoms with Crippen molar-refractivity contribution in [2.75, 3.05) is 7.11 Å². The molecular formula is C9H11NO2S. The molecule has 0 N–H and O–H groups in total. The SMILES string of the molecule is COc1nscc1CC1(C=O)CC1. The average molecular weight is 197 g/mol. The molecule has 0 spiro atoms. The quantitative estimate of drug-likeness (QED) is 0.689. The van der Waals surface area contributed by atoms with E-state index in [-0.39, 0.29) is 5.41 Å². The van der Waals surface area contributed by atoms with Gasteiger partial charge in [-0.2, -0.15) is 4.37 Å². The van der Waals surface area contributed by atoms with Crippen molar-refractivity contribution >= 4 is 17.8 Å². The van der Waals surface area contributed by atoms with Crippen molar-refractivity contribution < 1.29 is 9.53 Å². The third kappa shape index (κ3) is 1.58. The van der Waals surface area contributed by atoms with Crippen LogP contribution in [0.4, 0.5) is 0 Å². The van der Waals surface area contributed by atoms with Crippen molar-refractivity contribution in [3.05, 3.63) is 10.9 Å². The summed E-state index contributed by atoms with van der Waals surface area (Å²) in [5.74, 6) is 0.679. The molecule has 0 saturated heterocycles. The lowest BCUT2D eigenvalue weighted by molar-refractivity contribution is -0.112. The van der Waals surface area contributed by atoms with Crippen molar-refractivity contribution in [2.45, 2.75) is 19.3 Å². The highest BCUT2D eigenvalue weighted by molar-refractivity contribution is 7.03.